The van der Waals surface area contributed by atoms with Gasteiger partial charge in [-0.15, -0.1) is 6.58 Å². The Morgan fingerprint density at radius 3 is 2.82 bits per heavy atom. The third-order valence-electron chi connectivity index (χ3n) is 3.94. The van der Waals surface area contributed by atoms with E-state index in [4.69, 9.17) is 0 Å². The third-order valence-corrected chi connectivity index (χ3v) is 3.94. The molecule has 1 aromatic carbocycles. The maximum atomic E-state index is 3.85. The van der Waals surface area contributed by atoms with Crippen LogP contribution in [0, 0.1) is 0 Å². The Morgan fingerprint density at radius 2 is 2.12 bits per heavy atom. The van der Waals surface area contributed by atoms with Crippen LogP contribution in [0.25, 0.3) is 0 Å². The molecule has 0 heterocycles. The molecule has 1 aliphatic rings. The van der Waals surface area contributed by atoms with Gasteiger partial charge in [-0.3, -0.25) is 0 Å². The maximum Gasteiger partial charge on any atom is 0.0328 e. The molecule has 0 radical (unpaired) electrons. The molecule has 0 saturated carbocycles. The van der Waals surface area contributed by atoms with E-state index in [0.717, 1.165) is 0 Å². The van der Waals surface area contributed by atoms with E-state index in [0.29, 0.717) is 17.5 Å². The summed E-state index contributed by atoms with van der Waals surface area (Å²) in [5.74, 6) is 0. The number of nitrogens with one attached hydrogen (secondary N) is 1. The normalized spacial score (nSPS) is 23.8. The number of fused-ring (bicyclic) bond motifs is 1. The molecule has 0 aromatic heterocycles. The molecule has 0 fully saturated rings. The summed E-state index contributed by atoms with van der Waals surface area (Å²) in [5, 5.41) is 3.64. The average Bonchev–Trinajstić information content (AvgIpc) is 2.33. The zero-order valence-electron chi connectivity index (χ0n) is 11.2. The first-order valence-corrected chi connectivity index (χ1v) is 6.52. The van der Waals surface area contributed by atoms with Crippen molar-refractivity contribution in [1.82, 2.24) is 5.32 Å². The highest BCUT2D eigenvalue weighted by Gasteiger charge is 2.32. The fourth-order valence-electron chi connectivity index (χ4n) is 2.77. The van der Waals surface area contributed by atoms with Gasteiger partial charge >= 0.3 is 0 Å². The first-order chi connectivity index (χ1) is 8.04. The molecule has 1 nitrogen and oxygen atoms in total. The summed E-state index contributed by atoms with van der Waals surface area (Å²) in [7, 11) is 0. The molecule has 0 aliphatic heterocycles. The van der Waals surface area contributed by atoms with Gasteiger partial charge in [0.2, 0.25) is 0 Å². The van der Waals surface area contributed by atoms with Gasteiger partial charge in [-0.2, -0.15) is 0 Å². The minimum absolute atomic E-state index is 0.312. The number of rotatable bonds is 3. The van der Waals surface area contributed by atoms with Crippen molar-refractivity contribution in [2.45, 2.75) is 51.1 Å². The highest BCUT2D eigenvalue weighted by Crippen LogP contribution is 2.41. The van der Waals surface area contributed by atoms with Crippen LogP contribution in [0.5, 0.6) is 0 Å². The zero-order valence-corrected chi connectivity index (χ0v) is 11.2. The standard InChI is InChI=1S/C16H23N/c1-5-12(2)17-15-10-11-16(3,4)14-9-7-6-8-13(14)15/h5-9,12,15,17H,1,10-11H2,2-4H3. The van der Waals surface area contributed by atoms with Gasteiger partial charge in [0.25, 0.3) is 0 Å². The quantitative estimate of drug-likeness (QED) is 0.773. The largest absolute Gasteiger partial charge is 0.304 e. The molecular formula is C16H23N. The maximum absolute atomic E-state index is 3.85. The van der Waals surface area contributed by atoms with Crippen molar-refractivity contribution in [2.24, 2.45) is 0 Å². The van der Waals surface area contributed by atoms with E-state index in [9.17, 15) is 0 Å². The summed E-state index contributed by atoms with van der Waals surface area (Å²) in [6, 6.07) is 9.69. The predicted octanol–water partition coefficient (Wildman–Crippen LogP) is 3.96. The second-order valence-electron chi connectivity index (χ2n) is 5.75. The monoisotopic (exact) mass is 229 g/mol. The van der Waals surface area contributed by atoms with Crippen LogP contribution in [0.2, 0.25) is 0 Å². The fourth-order valence-corrected chi connectivity index (χ4v) is 2.77. The van der Waals surface area contributed by atoms with Crippen molar-refractivity contribution in [1.29, 1.82) is 0 Å². The highest BCUT2D eigenvalue weighted by atomic mass is 14.9. The minimum Gasteiger partial charge on any atom is -0.304 e. The third kappa shape index (κ3) is 2.44. The van der Waals surface area contributed by atoms with Gasteiger partial charge in [-0.1, -0.05) is 44.2 Å². The summed E-state index contributed by atoms with van der Waals surface area (Å²) >= 11 is 0. The zero-order chi connectivity index (χ0) is 12.5. The van der Waals surface area contributed by atoms with Crippen LogP contribution in [-0.2, 0) is 5.41 Å². The van der Waals surface area contributed by atoms with Crippen molar-refractivity contribution in [3.8, 4) is 0 Å². The molecular weight excluding hydrogens is 206 g/mol. The molecule has 92 valence electrons. The molecule has 1 aliphatic carbocycles. The van der Waals surface area contributed by atoms with E-state index >= 15 is 0 Å². The van der Waals surface area contributed by atoms with E-state index in [-0.39, 0.29) is 0 Å². The Hall–Kier alpha value is -1.08. The smallest absolute Gasteiger partial charge is 0.0328 e. The van der Waals surface area contributed by atoms with Gasteiger partial charge in [-0.05, 0) is 36.3 Å². The second-order valence-corrected chi connectivity index (χ2v) is 5.75. The van der Waals surface area contributed by atoms with E-state index in [2.05, 4.69) is 56.9 Å². The van der Waals surface area contributed by atoms with Crippen molar-refractivity contribution < 1.29 is 0 Å². The van der Waals surface area contributed by atoms with Gasteiger partial charge in [0.15, 0.2) is 0 Å². The summed E-state index contributed by atoms with van der Waals surface area (Å²) in [5.41, 5.74) is 3.28. The Balaban J connectivity index is 2.31. The molecule has 2 unspecified atom stereocenters. The van der Waals surface area contributed by atoms with E-state index in [1.807, 2.05) is 6.08 Å². The average molecular weight is 229 g/mol. The molecule has 0 saturated heterocycles. The first kappa shape index (κ1) is 12.4. The topological polar surface area (TPSA) is 12.0 Å². The van der Waals surface area contributed by atoms with Crippen LogP contribution in [-0.4, -0.2) is 6.04 Å². The van der Waals surface area contributed by atoms with Crippen LogP contribution >= 0.6 is 0 Å². The molecule has 2 atom stereocenters. The number of benzene rings is 1. The van der Waals surface area contributed by atoms with Crippen molar-refractivity contribution in [3.63, 3.8) is 0 Å². The second kappa shape index (κ2) is 4.66. The molecule has 0 bridgehead atoms. The first-order valence-electron chi connectivity index (χ1n) is 6.52. The molecule has 1 heteroatoms. The predicted molar refractivity (Wildman–Crippen MR) is 74.2 cm³/mol. The van der Waals surface area contributed by atoms with Crippen LogP contribution < -0.4 is 5.32 Å². The van der Waals surface area contributed by atoms with E-state index < -0.39 is 0 Å². The number of hydrogen-bond donors (Lipinski definition) is 1. The molecule has 1 aromatic rings. The minimum atomic E-state index is 0.312. The van der Waals surface area contributed by atoms with Crippen molar-refractivity contribution >= 4 is 0 Å². The van der Waals surface area contributed by atoms with E-state index in [1.165, 1.54) is 24.0 Å². The van der Waals surface area contributed by atoms with Gasteiger partial charge in [0.1, 0.15) is 0 Å². The molecule has 2 rings (SSSR count). The van der Waals surface area contributed by atoms with Crippen LogP contribution in [0.3, 0.4) is 0 Å². The lowest BCUT2D eigenvalue weighted by Gasteiger charge is -2.38. The van der Waals surface area contributed by atoms with Crippen molar-refractivity contribution in [2.75, 3.05) is 0 Å². The Kier molecular flexibility index (Phi) is 3.39. The van der Waals surface area contributed by atoms with Gasteiger partial charge in [0, 0.05) is 12.1 Å². The summed E-state index contributed by atoms with van der Waals surface area (Å²) in [6.07, 6.45) is 4.43. The molecule has 0 amide bonds. The highest BCUT2D eigenvalue weighted by molar-refractivity contribution is 5.38. The van der Waals surface area contributed by atoms with Crippen LogP contribution in [0.15, 0.2) is 36.9 Å². The van der Waals surface area contributed by atoms with E-state index in [1.54, 1.807) is 0 Å². The van der Waals surface area contributed by atoms with Gasteiger partial charge < -0.3 is 5.32 Å². The molecule has 1 N–H and O–H groups in total. The fraction of sp³-hybridized carbons (Fsp3) is 0.500. The summed E-state index contributed by atoms with van der Waals surface area (Å²) in [6.45, 7) is 10.7. The number of hydrogen-bond acceptors (Lipinski definition) is 1. The van der Waals surface area contributed by atoms with Crippen molar-refractivity contribution in [3.05, 3.63) is 48.0 Å². The van der Waals surface area contributed by atoms with Crippen LogP contribution in [0.1, 0.15) is 50.8 Å². The Bertz CT molecular complexity index is 406. The lowest BCUT2D eigenvalue weighted by Crippen LogP contribution is -2.35. The Morgan fingerprint density at radius 1 is 1.41 bits per heavy atom. The van der Waals surface area contributed by atoms with Gasteiger partial charge in [0.05, 0.1) is 0 Å². The summed E-state index contributed by atoms with van der Waals surface area (Å²) < 4.78 is 0. The summed E-state index contributed by atoms with van der Waals surface area (Å²) in [4.78, 5) is 0. The molecule has 17 heavy (non-hydrogen) atoms. The van der Waals surface area contributed by atoms with Gasteiger partial charge in [-0.25, -0.2) is 0 Å². The lowest BCUT2D eigenvalue weighted by atomic mass is 9.71. The molecule has 0 spiro atoms. The van der Waals surface area contributed by atoms with Crippen LogP contribution in [0.4, 0.5) is 0 Å². The lowest BCUT2D eigenvalue weighted by molar-refractivity contribution is 0.350. The SMILES string of the molecule is C=CC(C)NC1CCC(C)(C)c2ccccc21. The Labute approximate surface area is 105 Å².